The largest absolute Gasteiger partial charge is 0.361 e. The Morgan fingerprint density at radius 3 is 2.65 bits per heavy atom. The number of piperazine rings is 1. The van der Waals surface area contributed by atoms with E-state index in [-0.39, 0.29) is 11.9 Å². The van der Waals surface area contributed by atoms with E-state index in [1.54, 1.807) is 0 Å². The Balaban J connectivity index is 1.48. The molecule has 1 fully saturated rings. The highest BCUT2D eigenvalue weighted by molar-refractivity contribution is 7.86. The first-order valence-corrected chi connectivity index (χ1v) is 10.2. The van der Waals surface area contributed by atoms with E-state index in [1.807, 2.05) is 36.2 Å². The van der Waals surface area contributed by atoms with Crippen molar-refractivity contribution in [2.24, 2.45) is 5.14 Å². The Morgan fingerprint density at radius 2 is 1.96 bits per heavy atom. The van der Waals surface area contributed by atoms with Crippen LogP contribution in [0.3, 0.4) is 0 Å². The molecule has 1 aromatic heterocycles. The van der Waals surface area contributed by atoms with Crippen molar-refractivity contribution in [1.82, 2.24) is 19.5 Å². The summed E-state index contributed by atoms with van der Waals surface area (Å²) >= 11 is 0. The van der Waals surface area contributed by atoms with Gasteiger partial charge in [-0.15, -0.1) is 0 Å². The number of amides is 1. The van der Waals surface area contributed by atoms with Gasteiger partial charge in [0.1, 0.15) is 0 Å². The fourth-order valence-corrected chi connectivity index (χ4v) is 3.99. The SMILES string of the molecule is CC(C(=O)NCCc1c[nH]c2ccccc12)N1CCN(S(N)(=O)=O)CC1. The van der Waals surface area contributed by atoms with Crippen molar-refractivity contribution < 1.29 is 13.2 Å². The number of carbonyl (C=O) groups excluding carboxylic acids is 1. The molecule has 1 unspecified atom stereocenters. The maximum Gasteiger partial charge on any atom is 0.276 e. The van der Waals surface area contributed by atoms with Crippen molar-refractivity contribution in [3.8, 4) is 0 Å². The number of fused-ring (bicyclic) bond motifs is 1. The maximum atomic E-state index is 12.4. The molecule has 2 heterocycles. The second-order valence-corrected chi connectivity index (χ2v) is 8.10. The zero-order valence-corrected chi connectivity index (χ0v) is 15.6. The molecule has 9 heteroatoms. The van der Waals surface area contributed by atoms with Gasteiger partial charge in [0.05, 0.1) is 6.04 Å². The molecule has 3 rings (SSSR count). The summed E-state index contributed by atoms with van der Waals surface area (Å²) < 4.78 is 23.9. The first kappa shape index (κ1) is 18.8. The molecule has 1 aliphatic heterocycles. The lowest BCUT2D eigenvalue weighted by Gasteiger charge is -2.35. The summed E-state index contributed by atoms with van der Waals surface area (Å²) in [5.41, 5.74) is 2.27. The average molecular weight is 379 g/mol. The number of para-hydroxylation sites is 1. The predicted octanol–water partition coefficient (Wildman–Crippen LogP) is 0.0362. The average Bonchev–Trinajstić information content (AvgIpc) is 3.04. The van der Waals surface area contributed by atoms with Crippen LogP contribution in [0, 0.1) is 0 Å². The molecular weight excluding hydrogens is 354 g/mol. The number of nitrogens with one attached hydrogen (secondary N) is 2. The van der Waals surface area contributed by atoms with E-state index in [0.29, 0.717) is 32.7 Å². The Labute approximate surface area is 153 Å². The Kier molecular flexibility index (Phi) is 5.61. The van der Waals surface area contributed by atoms with E-state index >= 15 is 0 Å². The zero-order chi connectivity index (χ0) is 18.7. The molecule has 1 aromatic carbocycles. The molecule has 1 aliphatic rings. The predicted molar refractivity (Wildman–Crippen MR) is 101 cm³/mol. The monoisotopic (exact) mass is 379 g/mol. The molecule has 1 saturated heterocycles. The van der Waals surface area contributed by atoms with Gasteiger partial charge in [-0.25, -0.2) is 5.14 Å². The molecule has 0 spiro atoms. The first-order valence-electron chi connectivity index (χ1n) is 8.71. The molecule has 4 N–H and O–H groups in total. The van der Waals surface area contributed by atoms with Gasteiger partial charge in [0.2, 0.25) is 5.91 Å². The molecule has 1 atom stereocenters. The molecule has 26 heavy (non-hydrogen) atoms. The van der Waals surface area contributed by atoms with Gasteiger partial charge in [-0.1, -0.05) is 18.2 Å². The quantitative estimate of drug-likeness (QED) is 0.658. The van der Waals surface area contributed by atoms with Crippen LogP contribution in [-0.4, -0.2) is 67.3 Å². The summed E-state index contributed by atoms with van der Waals surface area (Å²) in [5, 5.41) is 9.29. The number of benzene rings is 1. The third-order valence-corrected chi connectivity index (χ3v) is 6.01. The van der Waals surface area contributed by atoms with Crippen LogP contribution in [0.1, 0.15) is 12.5 Å². The maximum absolute atomic E-state index is 12.4. The van der Waals surface area contributed by atoms with Crippen LogP contribution >= 0.6 is 0 Å². The normalized spacial score (nSPS) is 18.1. The number of nitrogens with zero attached hydrogens (tertiary/aromatic N) is 2. The van der Waals surface area contributed by atoms with Crippen LogP contribution in [0.5, 0.6) is 0 Å². The Morgan fingerprint density at radius 1 is 1.27 bits per heavy atom. The highest BCUT2D eigenvalue weighted by Crippen LogP contribution is 2.17. The second-order valence-electron chi connectivity index (χ2n) is 6.56. The van der Waals surface area contributed by atoms with Crippen molar-refractivity contribution in [3.63, 3.8) is 0 Å². The third-order valence-electron chi connectivity index (χ3n) is 4.93. The van der Waals surface area contributed by atoms with Crippen LogP contribution in [0.25, 0.3) is 10.9 Å². The number of nitrogens with two attached hydrogens (primary N) is 1. The second kappa shape index (κ2) is 7.75. The number of aromatic amines is 1. The third kappa shape index (κ3) is 4.24. The molecule has 8 nitrogen and oxygen atoms in total. The van der Waals surface area contributed by atoms with E-state index in [1.165, 1.54) is 15.3 Å². The minimum absolute atomic E-state index is 0.0473. The number of hydrogen-bond donors (Lipinski definition) is 3. The zero-order valence-electron chi connectivity index (χ0n) is 14.8. The molecule has 1 amide bonds. The van der Waals surface area contributed by atoms with Crippen molar-refractivity contribution in [1.29, 1.82) is 0 Å². The van der Waals surface area contributed by atoms with Crippen molar-refractivity contribution in [2.75, 3.05) is 32.7 Å². The van der Waals surface area contributed by atoms with E-state index in [0.717, 1.165) is 11.9 Å². The van der Waals surface area contributed by atoms with Crippen LogP contribution in [0.15, 0.2) is 30.5 Å². The van der Waals surface area contributed by atoms with E-state index in [9.17, 15) is 13.2 Å². The smallest absolute Gasteiger partial charge is 0.276 e. The van der Waals surface area contributed by atoms with Gasteiger partial charge in [-0.05, 0) is 25.0 Å². The molecule has 142 valence electrons. The van der Waals surface area contributed by atoms with Gasteiger partial charge in [-0.3, -0.25) is 9.69 Å². The summed E-state index contributed by atoms with van der Waals surface area (Å²) in [6.07, 6.45) is 2.73. The van der Waals surface area contributed by atoms with Crippen LogP contribution in [0.2, 0.25) is 0 Å². The number of H-pyrrole nitrogens is 1. The standard InChI is InChI=1S/C17H25N5O3S/c1-13(21-8-10-22(11-9-21)26(18,24)25)17(23)19-7-6-14-12-20-16-5-3-2-4-15(14)16/h2-5,12-13,20H,6-11H2,1H3,(H,19,23)(H2,18,24,25). The highest BCUT2D eigenvalue weighted by Gasteiger charge is 2.28. The summed E-state index contributed by atoms with van der Waals surface area (Å²) in [4.78, 5) is 17.6. The molecule has 0 bridgehead atoms. The van der Waals surface area contributed by atoms with Gasteiger partial charge in [0.25, 0.3) is 10.2 Å². The fraction of sp³-hybridized carbons (Fsp3) is 0.471. The van der Waals surface area contributed by atoms with Gasteiger partial charge < -0.3 is 10.3 Å². The van der Waals surface area contributed by atoms with Gasteiger partial charge >= 0.3 is 0 Å². The summed E-state index contributed by atoms with van der Waals surface area (Å²) in [6.45, 7) is 4.01. The summed E-state index contributed by atoms with van der Waals surface area (Å²) in [7, 11) is -3.65. The van der Waals surface area contributed by atoms with E-state index in [4.69, 9.17) is 5.14 Å². The van der Waals surface area contributed by atoms with E-state index in [2.05, 4.69) is 16.4 Å². The van der Waals surface area contributed by atoms with Crippen LogP contribution in [-0.2, 0) is 21.4 Å². The summed E-state index contributed by atoms with van der Waals surface area (Å²) in [6, 6.07) is 7.78. The van der Waals surface area contributed by atoms with Gasteiger partial charge in [0.15, 0.2) is 0 Å². The van der Waals surface area contributed by atoms with Crippen LogP contribution in [0.4, 0.5) is 0 Å². The number of carbonyl (C=O) groups is 1. The van der Waals surface area contributed by atoms with Gasteiger partial charge in [0, 0.05) is 49.8 Å². The lowest BCUT2D eigenvalue weighted by Crippen LogP contribution is -2.56. The van der Waals surface area contributed by atoms with Crippen LogP contribution < -0.4 is 10.5 Å². The summed E-state index contributed by atoms with van der Waals surface area (Å²) in [5.74, 6) is -0.0473. The van der Waals surface area contributed by atoms with E-state index < -0.39 is 10.2 Å². The number of aromatic nitrogens is 1. The van der Waals surface area contributed by atoms with Crippen molar-refractivity contribution in [3.05, 3.63) is 36.0 Å². The Bertz CT molecular complexity index is 871. The molecule has 2 aromatic rings. The number of hydrogen-bond acceptors (Lipinski definition) is 4. The molecule has 0 aliphatic carbocycles. The van der Waals surface area contributed by atoms with Crippen molar-refractivity contribution >= 4 is 27.0 Å². The molecular formula is C17H25N5O3S. The topological polar surface area (TPSA) is 112 Å². The van der Waals surface area contributed by atoms with Crippen molar-refractivity contribution in [2.45, 2.75) is 19.4 Å². The fourth-order valence-electron chi connectivity index (χ4n) is 3.32. The number of rotatable bonds is 6. The highest BCUT2D eigenvalue weighted by atomic mass is 32.2. The minimum Gasteiger partial charge on any atom is -0.361 e. The molecule has 0 radical (unpaired) electrons. The first-order chi connectivity index (χ1) is 12.4. The van der Waals surface area contributed by atoms with Gasteiger partial charge in [-0.2, -0.15) is 12.7 Å². The lowest BCUT2D eigenvalue weighted by atomic mass is 10.1. The minimum atomic E-state index is -3.65. The molecule has 0 saturated carbocycles. The Hall–Kier alpha value is -1.94. The lowest BCUT2D eigenvalue weighted by molar-refractivity contribution is -0.126.